The molecular weight excluding hydrogens is 317 g/mol. The first-order valence-corrected chi connectivity index (χ1v) is 8.53. The van der Waals surface area contributed by atoms with Crippen LogP contribution in [-0.4, -0.2) is 12.5 Å². The number of halogens is 2. The SMILES string of the molecule is CC1(C)[C@H](C(=O)NCCCCc2ccccc2)[C@@H]1C=C(Cl)Cl. The summed E-state index contributed by atoms with van der Waals surface area (Å²) in [6.07, 6.45) is 4.90. The third-order valence-corrected chi connectivity index (χ3v) is 4.78. The fraction of sp³-hybridized carbons (Fsp3) is 0.500. The number of hydrogen-bond donors (Lipinski definition) is 1. The van der Waals surface area contributed by atoms with Crippen molar-refractivity contribution >= 4 is 29.1 Å². The summed E-state index contributed by atoms with van der Waals surface area (Å²) in [6, 6.07) is 10.4. The number of nitrogens with one attached hydrogen (secondary N) is 1. The predicted molar refractivity (Wildman–Crippen MR) is 92.9 cm³/mol. The van der Waals surface area contributed by atoms with Crippen molar-refractivity contribution in [1.82, 2.24) is 5.32 Å². The van der Waals surface area contributed by atoms with Gasteiger partial charge in [-0.25, -0.2) is 0 Å². The second-order valence-electron chi connectivity index (χ2n) is 6.51. The van der Waals surface area contributed by atoms with Gasteiger partial charge < -0.3 is 5.32 Å². The first-order valence-electron chi connectivity index (χ1n) is 7.77. The zero-order chi connectivity index (χ0) is 16.2. The van der Waals surface area contributed by atoms with Gasteiger partial charge in [0.25, 0.3) is 0 Å². The van der Waals surface area contributed by atoms with Crippen LogP contribution in [0.3, 0.4) is 0 Å². The van der Waals surface area contributed by atoms with Gasteiger partial charge in [0.15, 0.2) is 0 Å². The lowest BCUT2D eigenvalue weighted by molar-refractivity contribution is -0.123. The van der Waals surface area contributed by atoms with Crippen molar-refractivity contribution in [2.24, 2.45) is 17.3 Å². The number of carbonyl (C=O) groups is 1. The van der Waals surface area contributed by atoms with Gasteiger partial charge in [-0.2, -0.15) is 0 Å². The van der Waals surface area contributed by atoms with Gasteiger partial charge in [0, 0.05) is 6.54 Å². The van der Waals surface area contributed by atoms with E-state index >= 15 is 0 Å². The van der Waals surface area contributed by atoms with Gasteiger partial charge >= 0.3 is 0 Å². The number of amides is 1. The minimum absolute atomic E-state index is 0.0193. The molecule has 4 heteroatoms. The summed E-state index contributed by atoms with van der Waals surface area (Å²) >= 11 is 11.4. The van der Waals surface area contributed by atoms with E-state index in [2.05, 4.69) is 43.4 Å². The number of allylic oxidation sites excluding steroid dienone is 1. The van der Waals surface area contributed by atoms with Crippen molar-refractivity contribution in [1.29, 1.82) is 0 Å². The number of rotatable bonds is 7. The topological polar surface area (TPSA) is 29.1 Å². The number of carbonyl (C=O) groups excluding carboxylic acids is 1. The normalized spacial score (nSPS) is 22.0. The molecule has 0 aliphatic heterocycles. The van der Waals surface area contributed by atoms with Crippen LogP contribution >= 0.6 is 23.2 Å². The van der Waals surface area contributed by atoms with Crippen molar-refractivity contribution in [2.45, 2.75) is 33.1 Å². The number of aryl methyl sites for hydroxylation is 1. The molecule has 1 aliphatic rings. The maximum Gasteiger partial charge on any atom is 0.224 e. The van der Waals surface area contributed by atoms with Gasteiger partial charge in [-0.15, -0.1) is 0 Å². The largest absolute Gasteiger partial charge is 0.356 e. The van der Waals surface area contributed by atoms with E-state index in [0.717, 1.165) is 25.8 Å². The maximum atomic E-state index is 12.2. The number of hydrogen-bond acceptors (Lipinski definition) is 1. The first kappa shape index (κ1) is 17.4. The molecule has 0 unspecified atom stereocenters. The van der Waals surface area contributed by atoms with Crippen LogP contribution in [0.15, 0.2) is 40.9 Å². The lowest BCUT2D eigenvalue weighted by Crippen LogP contribution is -2.27. The van der Waals surface area contributed by atoms with Gasteiger partial charge in [0.2, 0.25) is 5.91 Å². The molecule has 0 radical (unpaired) electrons. The summed E-state index contributed by atoms with van der Waals surface area (Å²) in [5, 5.41) is 3.04. The maximum absolute atomic E-state index is 12.2. The van der Waals surface area contributed by atoms with Crippen LogP contribution in [0.4, 0.5) is 0 Å². The van der Waals surface area contributed by atoms with Crippen LogP contribution in [0.5, 0.6) is 0 Å². The highest BCUT2D eigenvalue weighted by molar-refractivity contribution is 6.55. The summed E-state index contributed by atoms with van der Waals surface area (Å²) in [6.45, 7) is 4.87. The van der Waals surface area contributed by atoms with Crippen molar-refractivity contribution in [3.05, 3.63) is 46.5 Å². The highest BCUT2D eigenvalue weighted by Crippen LogP contribution is 2.59. The summed E-state index contributed by atoms with van der Waals surface area (Å²) in [7, 11) is 0. The fourth-order valence-electron chi connectivity index (χ4n) is 3.05. The highest BCUT2D eigenvalue weighted by atomic mass is 35.5. The van der Waals surface area contributed by atoms with Gasteiger partial charge in [-0.1, -0.05) is 67.4 Å². The van der Waals surface area contributed by atoms with E-state index in [1.54, 1.807) is 6.08 Å². The van der Waals surface area contributed by atoms with E-state index in [-0.39, 0.29) is 27.6 Å². The number of benzene rings is 1. The van der Waals surface area contributed by atoms with Crippen molar-refractivity contribution in [2.75, 3.05) is 6.54 Å². The Balaban J connectivity index is 1.67. The van der Waals surface area contributed by atoms with Crippen molar-refractivity contribution < 1.29 is 4.79 Å². The summed E-state index contributed by atoms with van der Waals surface area (Å²) in [4.78, 5) is 12.2. The van der Waals surface area contributed by atoms with Gasteiger partial charge in [-0.05, 0) is 42.2 Å². The Morgan fingerprint density at radius 2 is 1.91 bits per heavy atom. The molecule has 0 aromatic heterocycles. The standard InChI is InChI=1S/C18H23Cl2NO/c1-18(2)14(12-15(19)20)16(18)17(22)21-11-7-6-10-13-8-4-3-5-9-13/h3-5,8-9,12,14,16H,6-7,10-11H2,1-2H3,(H,21,22)/t14-,16-/m0/s1. The second-order valence-corrected chi connectivity index (χ2v) is 7.52. The third kappa shape index (κ3) is 4.50. The monoisotopic (exact) mass is 339 g/mol. The van der Waals surface area contributed by atoms with E-state index in [1.807, 2.05) is 6.07 Å². The fourth-order valence-corrected chi connectivity index (χ4v) is 3.32. The molecular formula is C18H23Cl2NO. The Hall–Kier alpha value is -0.990. The van der Waals surface area contributed by atoms with Gasteiger partial charge in [0.05, 0.1) is 5.92 Å². The molecule has 1 N–H and O–H groups in total. The molecule has 1 amide bonds. The predicted octanol–water partition coefficient (Wildman–Crippen LogP) is 4.72. The van der Waals surface area contributed by atoms with Crippen LogP contribution in [0.25, 0.3) is 0 Å². The summed E-state index contributed by atoms with van der Waals surface area (Å²) < 4.78 is 0.247. The molecule has 2 rings (SSSR count). The van der Waals surface area contributed by atoms with Crippen LogP contribution in [0.2, 0.25) is 0 Å². The zero-order valence-electron chi connectivity index (χ0n) is 13.1. The van der Waals surface area contributed by atoms with Crippen LogP contribution in [0, 0.1) is 17.3 Å². The van der Waals surface area contributed by atoms with E-state index < -0.39 is 0 Å². The Labute approximate surface area is 142 Å². The number of unbranched alkanes of at least 4 members (excludes halogenated alkanes) is 1. The lowest BCUT2D eigenvalue weighted by atomic mass is 10.1. The quantitative estimate of drug-likeness (QED) is 0.715. The zero-order valence-corrected chi connectivity index (χ0v) is 14.6. The van der Waals surface area contributed by atoms with Crippen molar-refractivity contribution in [3.8, 4) is 0 Å². The second kappa shape index (κ2) is 7.52. The highest BCUT2D eigenvalue weighted by Gasteiger charge is 2.60. The van der Waals surface area contributed by atoms with Gasteiger partial charge in [0.1, 0.15) is 4.49 Å². The van der Waals surface area contributed by atoms with E-state index in [0.29, 0.717) is 0 Å². The average molecular weight is 340 g/mol. The Kier molecular flexibility index (Phi) is 5.94. The Morgan fingerprint density at radius 3 is 2.55 bits per heavy atom. The van der Waals surface area contributed by atoms with Crippen molar-refractivity contribution in [3.63, 3.8) is 0 Å². The molecule has 1 aromatic rings. The molecule has 120 valence electrons. The molecule has 0 spiro atoms. The molecule has 1 saturated carbocycles. The van der Waals surface area contributed by atoms with Crippen LogP contribution in [-0.2, 0) is 11.2 Å². The minimum atomic E-state index is -0.0524. The molecule has 22 heavy (non-hydrogen) atoms. The minimum Gasteiger partial charge on any atom is -0.356 e. The lowest BCUT2D eigenvalue weighted by Gasteiger charge is -2.06. The molecule has 1 aromatic carbocycles. The molecule has 0 saturated heterocycles. The molecule has 2 nitrogen and oxygen atoms in total. The van der Waals surface area contributed by atoms with Crippen LogP contribution in [0.1, 0.15) is 32.3 Å². The Bertz CT molecular complexity index is 535. The van der Waals surface area contributed by atoms with E-state index in [9.17, 15) is 4.79 Å². The average Bonchev–Trinajstić information content (AvgIpc) is 2.99. The molecule has 0 heterocycles. The summed E-state index contributed by atoms with van der Waals surface area (Å²) in [5.74, 6) is 0.233. The third-order valence-electron chi connectivity index (χ3n) is 4.53. The Morgan fingerprint density at radius 1 is 1.23 bits per heavy atom. The summed E-state index contributed by atoms with van der Waals surface area (Å²) in [5.41, 5.74) is 1.29. The molecule has 1 aliphatic carbocycles. The van der Waals surface area contributed by atoms with E-state index in [1.165, 1.54) is 5.56 Å². The molecule has 1 fully saturated rings. The van der Waals surface area contributed by atoms with Crippen LogP contribution < -0.4 is 5.32 Å². The van der Waals surface area contributed by atoms with Gasteiger partial charge in [-0.3, -0.25) is 4.79 Å². The smallest absolute Gasteiger partial charge is 0.224 e. The van der Waals surface area contributed by atoms with E-state index in [4.69, 9.17) is 23.2 Å². The molecule has 0 bridgehead atoms. The molecule has 2 atom stereocenters. The first-order chi connectivity index (χ1) is 10.4.